The van der Waals surface area contributed by atoms with E-state index in [1.54, 1.807) is 12.1 Å². The summed E-state index contributed by atoms with van der Waals surface area (Å²) in [6, 6.07) is 14.5. The highest BCUT2D eigenvalue weighted by atomic mass is 35.5. The van der Waals surface area contributed by atoms with Crippen LogP contribution in [0.5, 0.6) is 5.75 Å². The zero-order chi connectivity index (χ0) is 14.4. The highest BCUT2D eigenvalue weighted by molar-refractivity contribution is 6.17. The minimum absolute atomic E-state index is 0.143. The SMILES string of the molecule is CCOc1ccc(NC(=O)c2ccccc2)cc1CCl. The van der Waals surface area contributed by atoms with Gasteiger partial charge in [-0.25, -0.2) is 0 Å². The predicted molar refractivity (Wildman–Crippen MR) is 81.6 cm³/mol. The van der Waals surface area contributed by atoms with Crippen molar-refractivity contribution in [1.29, 1.82) is 0 Å². The Bertz CT molecular complexity index is 584. The molecule has 20 heavy (non-hydrogen) atoms. The van der Waals surface area contributed by atoms with Crippen molar-refractivity contribution in [2.45, 2.75) is 12.8 Å². The molecule has 0 heterocycles. The van der Waals surface area contributed by atoms with Crippen molar-refractivity contribution in [1.82, 2.24) is 0 Å². The van der Waals surface area contributed by atoms with E-state index in [-0.39, 0.29) is 5.91 Å². The van der Waals surface area contributed by atoms with Gasteiger partial charge in [-0.2, -0.15) is 0 Å². The number of amides is 1. The molecule has 0 atom stereocenters. The van der Waals surface area contributed by atoms with Crippen LogP contribution < -0.4 is 10.1 Å². The fourth-order valence-corrected chi connectivity index (χ4v) is 2.06. The van der Waals surface area contributed by atoms with E-state index < -0.39 is 0 Å². The molecule has 2 rings (SSSR count). The average Bonchev–Trinajstić information content (AvgIpc) is 2.50. The van der Waals surface area contributed by atoms with Gasteiger partial charge in [0.1, 0.15) is 5.75 Å². The lowest BCUT2D eigenvalue weighted by Crippen LogP contribution is -2.11. The maximum Gasteiger partial charge on any atom is 0.255 e. The van der Waals surface area contributed by atoms with E-state index in [0.717, 1.165) is 11.3 Å². The molecule has 1 amide bonds. The molecule has 0 fully saturated rings. The van der Waals surface area contributed by atoms with Crippen molar-refractivity contribution in [2.75, 3.05) is 11.9 Å². The van der Waals surface area contributed by atoms with Gasteiger partial charge in [-0.3, -0.25) is 4.79 Å². The van der Waals surface area contributed by atoms with Gasteiger partial charge in [0.25, 0.3) is 5.91 Å². The second kappa shape index (κ2) is 6.96. The molecular formula is C16H16ClNO2. The highest BCUT2D eigenvalue weighted by Gasteiger charge is 2.08. The second-order valence-electron chi connectivity index (χ2n) is 4.21. The summed E-state index contributed by atoms with van der Waals surface area (Å²) in [4.78, 5) is 12.0. The number of ether oxygens (including phenoxy) is 1. The van der Waals surface area contributed by atoms with Gasteiger partial charge in [0.2, 0.25) is 0 Å². The molecule has 0 aliphatic carbocycles. The van der Waals surface area contributed by atoms with Crippen molar-refractivity contribution in [3.63, 3.8) is 0 Å². The molecule has 4 heteroatoms. The lowest BCUT2D eigenvalue weighted by atomic mass is 10.1. The monoisotopic (exact) mass is 289 g/mol. The number of hydrogen-bond donors (Lipinski definition) is 1. The Labute approximate surface area is 123 Å². The first-order valence-electron chi connectivity index (χ1n) is 6.42. The normalized spacial score (nSPS) is 10.1. The first kappa shape index (κ1) is 14.4. The largest absolute Gasteiger partial charge is 0.494 e. The lowest BCUT2D eigenvalue weighted by Gasteiger charge is -2.11. The molecule has 3 nitrogen and oxygen atoms in total. The Morgan fingerprint density at radius 3 is 2.60 bits per heavy atom. The standard InChI is InChI=1S/C16H16ClNO2/c1-2-20-15-9-8-14(10-13(15)11-17)18-16(19)12-6-4-3-5-7-12/h3-10H,2,11H2,1H3,(H,18,19). The van der Waals surface area contributed by atoms with Gasteiger partial charge in [-0.05, 0) is 37.3 Å². The van der Waals surface area contributed by atoms with E-state index in [4.69, 9.17) is 16.3 Å². The fraction of sp³-hybridized carbons (Fsp3) is 0.188. The third-order valence-electron chi connectivity index (χ3n) is 2.80. The smallest absolute Gasteiger partial charge is 0.255 e. The Kier molecular flexibility index (Phi) is 5.02. The first-order valence-corrected chi connectivity index (χ1v) is 6.96. The zero-order valence-corrected chi connectivity index (χ0v) is 12.0. The van der Waals surface area contributed by atoms with Crippen LogP contribution in [-0.4, -0.2) is 12.5 Å². The summed E-state index contributed by atoms with van der Waals surface area (Å²) in [5, 5.41) is 2.85. The van der Waals surface area contributed by atoms with E-state index in [1.807, 2.05) is 43.3 Å². The number of nitrogens with one attached hydrogen (secondary N) is 1. The summed E-state index contributed by atoms with van der Waals surface area (Å²) in [6.45, 7) is 2.50. The summed E-state index contributed by atoms with van der Waals surface area (Å²) in [5.74, 6) is 0.945. The molecule has 0 radical (unpaired) electrons. The number of halogens is 1. The predicted octanol–water partition coefficient (Wildman–Crippen LogP) is 4.08. The summed E-state index contributed by atoms with van der Waals surface area (Å²) in [5.41, 5.74) is 2.19. The van der Waals surface area contributed by atoms with Crippen LogP contribution in [0.1, 0.15) is 22.8 Å². The number of alkyl halides is 1. The molecule has 0 spiro atoms. The lowest BCUT2D eigenvalue weighted by molar-refractivity contribution is 0.102. The molecule has 2 aromatic carbocycles. The Balaban J connectivity index is 2.16. The highest BCUT2D eigenvalue weighted by Crippen LogP contribution is 2.24. The third kappa shape index (κ3) is 3.52. The quantitative estimate of drug-likeness (QED) is 0.843. The summed E-state index contributed by atoms with van der Waals surface area (Å²) in [6.07, 6.45) is 0. The molecule has 1 N–H and O–H groups in total. The number of benzene rings is 2. The van der Waals surface area contributed by atoms with E-state index in [2.05, 4.69) is 5.32 Å². The third-order valence-corrected chi connectivity index (χ3v) is 3.09. The maximum absolute atomic E-state index is 12.0. The van der Waals surface area contributed by atoms with Gasteiger partial charge < -0.3 is 10.1 Å². The van der Waals surface area contributed by atoms with E-state index >= 15 is 0 Å². The first-order chi connectivity index (χ1) is 9.74. The van der Waals surface area contributed by atoms with Crippen LogP contribution in [0.2, 0.25) is 0 Å². The van der Waals surface area contributed by atoms with Crippen LogP contribution in [0.15, 0.2) is 48.5 Å². The molecule has 0 saturated heterocycles. The maximum atomic E-state index is 12.0. The van der Waals surface area contributed by atoms with Crippen molar-refractivity contribution in [3.8, 4) is 5.75 Å². The van der Waals surface area contributed by atoms with Crippen LogP contribution in [0.3, 0.4) is 0 Å². The minimum Gasteiger partial charge on any atom is -0.494 e. The van der Waals surface area contributed by atoms with Crippen LogP contribution in [0.4, 0.5) is 5.69 Å². The minimum atomic E-state index is -0.143. The van der Waals surface area contributed by atoms with Gasteiger partial charge >= 0.3 is 0 Å². The molecular weight excluding hydrogens is 274 g/mol. The van der Waals surface area contributed by atoms with Gasteiger partial charge in [-0.1, -0.05) is 18.2 Å². The molecule has 2 aromatic rings. The fourth-order valence-electron chi connectivity index (χ4n) is 1.85. The van der Waals surface area contributed by atoms with E-state index in [0.29, 0.717) is 23.7 Å². The van der Waals surface area contributed by atoms with Gasteiger partial charge in [0.05, 0.1) is 12.5 Å². The van der Waals surface area contributed by atoms with Crippen LogP contribution in [0.25, 0.3) is 0 Å². The molecule has 0 aliphatic heterocycles. The number of rotatable bonds is 5. The van der Waals surface area contributed by atoms with Crippen molar-refractivity contribution in [3.05, 3.63) is 59.7 Å². The molecule has 104 valence electrons. The Morgan fingerprint density at radius 2 is 1.95 bits per heavy atom. The van der Waals surface area contributed by atoms with Gasteiger partial charge in [-0.15, -0.1) is 11.6 Å². The molecule has 0 unspecified atom stereocenters. The Morgan fingerprint density at radius 1 is 1.20 bits per heavy atom. The topological polar surface area (TPSA) is 38.3 Å². The number of carbonyl (C=O) groups is 1. The summed E-state index contributed by atoms with van der Waals surface area (Å²) in [7, 11) is 0. The number of anilines is 1. The number of hydrogen-bond acceptors (Lipinski definition) is 2. The van der Waals surface area contributed by atoms with Crippen molar-refractivity contribution in [2.24, 2.45) is 0 Å². The van der Waals surface area contributed by atoms with Crippen LogP contribution in [0, 0.1) is 0 Å². The molecule has 0 saturated carbocycles. The zero-order valence-electron chi connectivity index (χ0n) is 11.2. The Hall–Kier alpha value is -2.00. The average molecular weight is 290 g/mol. The summed E-state index contributed by atoms with van der Waals surface area (Å²) >= 11 is 5.90. The van der Waals surface area contributed by atoms with Gasteiger partial charge in [0, 0.05) is 16.8 Å². The second-order valence-corrected chi connectivity index (χ2v) is 4.48. The van der Waals surface area contributed by atoms with Crippen molar-refractivity contribution >= 4 is 23.2 Å². The molecule has 0 bridgehead atoms. The summed E-state index contributed by atoms with van der Waals surface area (Å²) < 4.78 is 5.48. The van der Waals surface area contributed by atoms with E-state index in [9.17, 15) is 4.79 Å². The number of carbonyl (C=O) groups excluding carboxylic acids is 1. The molecule has 0 aromatic heterocycles. The van der Waals surface area contributed by atoms with E-state index in [1.165, 1.54) is 0 Å². The van der Waals surface area contributed by atoms with Gasteiger partial charge in [0.15, 0.2) is 0 Å². The molecule has 0 aliphatic rings. The van der Waals surface area contributed by atoms with Crippen molar-refractivity contribution < 1.29 is 9.53 Å². The van der Waals surface area contributed by atoms with Crippen LogP contribution >= 0.6 is 11.6 Å². The van der Waals surface area contributed by atoms with Crippen LogP contribution in [-0.2, 0) is 5.88 Å².